The first kappa shape index (κ1) is 20.2. The Bertz CT molecular complexity index is 736. The number of nitrogens with one attached hydrogen (secondary N) is 2. The maximum absolute atomic E-state index is 12.4. The minimum absolute atomic E-state index is 0. The van der Waals surface area contributed by atoms with E-state index in [0.29, 0.717) is 16.9 Å². The lowest BCUT2D eigenvalue weighted by Crippen LogP contribution is -2.32. The molecule has 0 bridgehead atoms. The molecule has 0 spiro atoms. The van der Waals surface area contributed by atoms with E-state index in [-0.39, 0.29) is 18.3 Å². The van der Waals surface area contributed by atoms with Gasteiger partial charge in [0.05, 0.1) is 6.04 Å². The number of hydrogen-bond acceptors (Lipinski definition) is 6. The first-order valence-corrected chi connectivity index (χ1v) is 10.5. The van der Waals surface area contributed by atoms with Gasteiger partial charge in [-0.3, -0.25) is 14.8 Å². The van der Waals surface area contributed by atoms with E-state index in [4.69, 9.17) is 0 Å². The molecule has 1 atom stereocenters. The van der Waals surface area contributed by atoms with Gasteiger partial charge in [0, 0.05) is 19.2 Å². The summed E-state index contributed by atoms with van der Waals surface area (Å²) < 4.78 is 1.90. The second kappa shape index (κ2) is 9.61. The molecular weight excluding hydrogens is 384 g/mol. The smallest absolute Gasteiger partial charge is 0.277 e. The monoisotopic (exact) mass is 410 g/mol. The summed E-state index contributed by atoms with van der Waals surface area (Å²) in [7, 11) is 0. The molecule has 2 aromatic heterocycles. The zero-order valence-electron chi connectivity index (χ0n) is 15.4. The molecule has 1 saturated heterocycles. The van der Waals surface area contributed by atoms with E-state index in [1.165, 1.54) is 43.4 Å². The molecule has 1 aliphatic heterocycles. The van der Waals surface area contributed by atoms with Gasteiger partial charge in [0.1, 0.15) is 5.01 Å². The Morgan fingerprint density at radius 1 is 1.22 bits per heavy atom. The summed E-state index contributed by atoms with van der Waals surface area (Å²) in [5.41, 5.74) is 0.430. The molecule has 0 aromatic carbocycles. The molecule has 148 valence electrons. The van der Waals surface area contributed by atoms with Crippen molar-refractivity contribution in [1.82, 2.24) is 25.3 Å². The fourth-order valence-corrected chi connectivity index (χ4v) is 4.76. The van der Waals surface area contributed by atoms with Gasteiger partial charge in [-0.05, 0) is 31.4 Å². The van der Waals surface area contributed by atoms with Crippen molar-refractivity contribution in [2.75, 3.05) is 18.4 Å². The van der Waals surface area contributed by atoms with Gasteiger partial charge in [-0.2, -0.15) is 5.10 Å². The zero-order valence-corrected chi connectivity index (χ0v) is 17.0. The lowest BCUT2D eigenvalue weighted by Gasteiger charge is -2.22. The van der Waals surface area contributed by atoms with Crippen LogP contribution >= 0.6 is 23.7 Å². The summed E-state index contributed by atoms with van der Waals surface area (Å²) in [4.78, 5) is 12.4. The van der Waals surface area contributed by atoms with E-state index >= 15 is 0 Å². The van der Waals surface area contributed by atoms with E-state index < -0.39 is 0 Å². The van der Waals surface area contributed by atoms with Crippen molar-refractivity contribution < 1.29 is 4.79 Å². The molecule has 3 heterocycles. The van der Waals surface area contributed by atoms with Gasteiger partial charge in [0.15, 0.2) is 5.69 Å². The van der Waals surface area contributed by atoms with Crippen molar-refractivity contribution in [2.45, 2.75) is 57.4 Å². The Balaban J connectivity index is 0.00000210. The number of rotatable bonds is 5. The van der Waals surface area contributed by atoms with Gasteiger partial charge in [-0.15, -0.1) is 22.6 Å². The van der Waals surface area contributed by atoms with Gasteiger partial charge in [-0.25, -0.2) is 0 Å². The molecule has 1 unspecified atom stereocenters. The van der Waals surface area contributed by atoms with Gasteiger partial charge in [0.25, 0.3) is 5.91 Å². The van der Waals surface area contributed by atoms with E-state index in [0.717, 1.165) is 43.3 Å². The van der Waals surface area contributed by atoms with Crippen LogP contribution in [0, 0.1) is 5.92 Å². The fourth-order valence-electron chi connectivity index (χ4n) is 3.91. The minimum Gasteiger partial charge on any atom is -0.315 e. The lowest BCUT2D eigenvalue weighted by molar-refractivity contribution is 0.102. The number of aromatic nitrogens is 4. The third kappa shape index (κ3) is 5.27. The molecule has 2 N–H and O–H groups in total. The maximum atomic E-state index is 12.4. The van der Waals surface area contributed by atoms with E-state index in [1.54, 1.807) is 6.07 Å². The van der Waals surface area contributed by atoms with Crippen LogP contribution in [-0.4, -0.2) is 39.0 Å². The zero-order chi connectivity index (χ0) is 17.8. The molecule has 7 nitrogen and oxygen atoms in total. The Kier molecular flexibility index (Phi) is 7.20. The molecule has 2 aliphatic rings. The number of carbonyl (C=O) groups excluding carboxylic acids is 1. The number of nitrogens with zero attached hydrogens (tertiary/aromatic N) is 4. The first-order valence-electron chi connectivity index (χ1n) is 9.67. The van der Waals surface area contributed by atoms with Crippen LogP contribution in [0.25, 0.3) is 0 Å². The highest BCUT2D eigenvalue weighted by Gasteiger charge is 2.20. The lowest BCUT2D eigenvalue weighted by atomic mass is 9.87. The van der Waals surface area contributed by atoms with Crippen molar-refractivity contribution in [1.29, 1.82) is 0 Å². The summed E-state index contributed by atoms with van der Waals surface area (Å²) >= 11 is 1.49. The van der Waals surface area contributed by atoms with E-state index in [1.807, 2.05) is 10.9 Å². The maximum Gasteiger partial charge on any atom is 0.277 e. The number of hydrogen-bond donors (Lipinski definition) is 2. The Labute approximate surface area is 169 Å². The predicted octanol–water partition coefficient (Wildman–Crippen LogP) is 3.46. The van der Waals surface area contributed by atoms with Crippen molar-refractivity contribution in [3.8, 4) is 0 Å². The summed E-state index contributed by atoms with van der Waals surface area (Å²) in [6.07, 6.45) is 11.7. The predicted molar refractivity (Wildman–Crippen MR) is 109 cm³/mol. The second-order valence-corrected chi connectivity index (χ2v) is 8.41. The highest BCUT2D eigenvalue weighted by molar-refractivity contribution is 7.15. The normalized spacial score (nSPS) is 20.8. The molecule has 27 heavy (non-hydrogen) atoms. The van der Waals surface area contributed by atoms with Gasteiger partial charge in [0.2, 0.25) is 5.13 Å². The van der Waals surface area contributed by atoms with Gasteiger partial charge in [-0.1, -0.05) is 43.4 Å². The molecule has 4 rings (SSSR count). The molecule has 2 aromatic rings. The molecular formula is C18H27ClN6OS. The molecule has 0 radical (unpaired) electrons. The largest absolute Gasteiger partial charge is 0.315 e. The third-order valence-electron chi connectivity index (χ3n) is 5.36. The molecule has 9 heteroatoms. The Morgan fingerprint density at radius 2 is 2.07 bits per heavy atom. The number of amides is 1. The third-order valence-corrected chi connectivity index (χ3v) is 6.22. The van der Waals surface area contributed by atoms with Crippen LogP contribution < -0.4 is 10.6 Å². The summed E-state index contributed by atoms with van der Waals surface area (Å²) in [5, 5.41) is 20.6. The minimum atomic E-state index is -0.215. The van der Waals surface area contributed by atoms with Crippen LogP contribution in [0.1, 0.15) is 66.5 Å². The van der Waals surface area contributed by atoms with Crippen LogP contribution in [0.5, 0.6) is 0 Å². The second-order valence-electron chi connectivity index (χ2n) is 7.34. The van der Waals surface area contributed by atoms with Crippen molar-refractivity contribution in [2.24, 2.45) is 5.92 Å². The van der Waals surface area contributed by atoms with Crippen molar-refractivity contribution >= 4 is 34.8 Å². The highest BCUT2D eigenvalue weighted by atomic mass is 35.5. The standard InChI is InChI=1S/C18H26N6OS.ClH/c25-17(15-8-10-24(23-15)14-7-4-9-19-12-14)20-18-22-21-16(26-18)11-13-5-2-1-3-6-13;/h8,10,13-14,19H,1-7,9,11-12H2,(H,20,22,25);1H. The average Bonchev–Trinajstić information content (AvgIpc) is 3.33. The highest BCUT2D eigenvalue weighted by Crippen LogP contribution is 2.28. The Hall–Kier alpha value is -1.51. The van der Waals surface area contributed by atoms with Crippen LogP contribution in [-0.2, 0) is 6.42 Å². The number of piperidine rings is 1. The molecule has 1 amide bonds. The fraction of sp³-hybridized carbons (Fsp3) is 0.667. The number of carbonyl (C=O) groups is 1. The van der Waals surface area contributed by atoms with Gasteiger partial charge < -0.3 is 5.32 Å². The topological polar surface area (TPSA) is 84.7 Å². The number of halogens is 1. The Morgan fingerprint density at radius 3 is 2.85 bits per heavy atom. The first-order chi connectivity index (χ1) is 12.8. The van der Waals surface area contributed by atoms with Crippen LogP contribution in [0.15, 0.2) is 12.3 Å². The van der Waals surface area contributed by atoms with E-state index in [9.17, 15) is 4.79 Å². The van der Waals surface area contributed by atoms with E-state index in [2.05, 4.69) is 25.9 Å². The van der Waals surface area contributed by atoms with Crippen LogP contribution in [0.3, 0.4) is 0 Å². The van der Waals surface area contributed by atoms with Gasteiger partial charge >= 0.3 is 0 Å². The molecule has 1 saturated carbocycles. The molecule has 2 fully saturated rings. The summed E-state index contributed by atoms with van der Waals surface area (Å²) in [5.74, 6) is 0.507. The average molecular weight is 411 g/mol. The number of anilines is 1. The SMILES string of the molecule is Cl.O=C(Nc1nnc(CC2CCCCC2)s1)c1ccn(C2CCCNC2)n1. The quantitative estimate of drug-likeness (QED) is 0.788. The van der Waals surface area contributed by atoms with Crippen molar-refractivity contribution in [3.63, 3.8) is 0 Å². The summed E-state index contributed by atoms with van der Waals surface area (Å²) in [6.45, 7) is 1.97. The summed E-state index contributed by atoms with van der Waals surface area (Å²) in [6, 6.07) is 2.10. The molecule has 1 aliphatic carbocycles. The van der Waals surface area contributed by atoms with Crippen LogP contribution in [0.2, 0.25) is 0 Å². The van der Waals surface area contributed by atoms with Crippen molar-refractivity contribution in [3.05, 3.63) is 23.0 Å². The van der Waals surface area contributed by atoms with Crippen LogP contribution in [0.4, 0.5) is 5.13 Å².